The zero-order chi connectivity index (χ0) is 13.9. The summed E-state index contributed by atoms with van der Waals surface area (Å²) >= 11 is 0. The highest BCUT2D eigenvalue weighted by molar-refractivity contribution is 5.19. The van der Waals surface area contributed by atoms with Crippen molar-refractivity contribution in [3.05, 3.63) is 47.4 Å². The van der Waals surface area contributed by atoms with E-state index < -0.39 is 0 Å². The van der Waals surface area contributed by atoms with Gasteiger partial charge in [-0.2, -0.15) is 4.98 Å². The van der Waals surface area contributed by atoms with E-state index in [9.17, 15) is 4.39 Å². The molecule has 1 saturated heterocycles. The lowest BCUT2D eigenvalue weighted by Gasteiger charge is -2.04. The maximum atomic E-state index is 13.1. The highest BCUT2D eigenvalue weighted by Gasteiger charge is 2.29. The highest BCUT2D eigenvalue weighted by atomic mass is 19.1. The summed E-state index contributed by atoms with van der Waals surface area (Å²) in [6, 6.07) is 6.44. The van der Waals surface area contributed by atoms with E-state index in [1.165, 1.54) is 12.1 Å². The van der Waals surface area contributed by atoms with Crippen LogP contribution in [0.15, 0.2) is 28.8 Å². The molecule has 0 spiro atoms. The molecule has 2 atom stereocenters. The van der Waals surface area contributed by atoms with E-state index in [1.54, 1.807) is 13.2 Å². The Kier molecular flexibility index (Phi) is 3.75. The molecule has 2 unspecified atom stereocenters. The molecule has 6 heteroatoms. The number of halogens is 1. The molecule has 0 radical (unpaired) electrons. The van der Waals surface area contributed by atoms with E-state index in [1.807, 2.05) is 6.07 Å². The van der Waals surface area contributed by atoms with Crippen LogP contribution in [0, 0.1) is 5.82 Å². The zero-order valence-electron chi connectivity index (χ0n) is 11.2. The van der Waals surface area contributed by atoms with Gasteiger partial charge in [0.2, 0.25) is 5.89 Å². The first-order valence-corrected chi connectivity index (χ1v) is 6.57. The number of hydrogen-bond donors (Lipinski definition) is 1. The Labute approximate surface area is 116 Å². The molecule has 0 saturated carbocycles. The predicted molar refractivity (Wildman–Crippen MR) is 69.7 cm³/mol. The van der Waals surface area contributed by atoms with E-state index in [0.29, 0.717) is 18.1 Å². The summed E-state index contributed by atoms with van der Waals surface area (Å²) in [5.74, 6) is 0.871. The summed E-state index contributed by atoms with van der Waals surface area (Å²) in [4.78, 5) is 4.37. The van der Waals surface area contributed by atoms with Crippen molar-refractivity contribution in [2.24, 2.45) is 0 Å². The minimum absolute atomic E-state index is 0.0358. The summed E-state index contributed by atoms with van der Waals surface area (Å²) in [6.07, 6.45) is 1.46. The number of nitrogens with zero attached hydrogens (tertiary/aromatic N) is 2. The van der Waals surface area contributed by atoms with Crippen molar-refractivity contribution in [1.29, 1.82) is 0 Å². The van der Waals surface area contributed by atoms with Crippen LogP contribution in [0.2, 0.25) is 0 Å². The lowest BCUT2D eigenvalue weighted by atomic mass is 10.1. The van der Waals surface area contributed by atoms with Crippen molar-refractivity contribution in [2.45, 2.75) is 25.0 Å². The Morgan fingerprint density at radius 1 is 1.50 bits per heavy atom. The molecule has 1 aromatic carbocycles. The first-order chi connectivity index (χ1) is 9.74. The third-order valence-corrected chi connectivity index (χ3v) is 3.46. The quantitative estimate of drug-likeness (QED) is 0.924. The van der Waals surface area contributed by atoms with Crippen molar-refractivity contribution >= 4 is 0 Å². The van der Waals surface area contributed by atoms with Crippen LogP contribution < -0.4 is 5.32 Å². The Morgan fingerprint density at radius 2 is 2.40 bits per heavy atom. The van der Waals surface area contributed by atoms with Gasteiger partial charge in [-0.1, -0.05) is 17.3 Å². The average Bonchev–Trinajstić information content (AvgIpc) is 3.07. The minimum Gasteiger partial charge on any atom is -0.380 e. The molecule has 3 rings (SSSR count). The number of aromatic nitrogens is 2. The van der Waals surface area contributed by atoms with Crippen LogP contribution in [0.25, 0.3) is 0 Å². The first-order valence-electron chi connectivity index (χ1n) is 6.57. The second kappa shape index (κ2) is 5.68. The number of benzene rings is 1. The van der Waals surface area contributed by atoms with Crippen molar-refractivity contribution in [3.8, 4) is 0 Å². The molecule has 1 N–H and O–H groups in total. The molecular formula is C14H16FN3O2. The topological polar surface area (TPSA) is 60.2 Å². The van der Waals surface area contributed by atoms with Crippen molar-refractivity contribution in [3.63, 3.8) is 0 Å². The van der Waals surface area contributed by atoms with Gasteiger partial charge in [0.25, 0.3) is 0 Å². The molecule has 106 valence electrons. The van der Waals surface area contributed by atoms with Crippen LogP contribution in [0.5, 0.6) is 0 Å². The fourth-order valence-corrected chi connectivity index (χ4v) is 2.38. The molecule has 0 aliphatic carbocycles. The zero-order valence-corrected chi connectivity index (χ0v) is 11.2. The van der Waals surface area contributed by atoms with Crippen LogP contribution in [0.3, 0.4) is 0 Å². The third-order valence-electron chi connectivity index (χ3n) is 3.46. The van der Waals surface area contributed by atoms with Gasteiger partial charge in [0.05, 0.1) is 12.1 Å². The van der Waals surface area contributed by atoms with Crippen LogP contribution in [0.1, 0.15) is 29.7 Å². The Bertz CT molecular complexity index is 587. The number of hydrogen-bond acceptors (Lipinski definition) is 5. The lowest BCUT2D eigenvalue weighted by Crippen LogP contribution is -2.16. The molecule has 1 aliphatic heterocycles. The van der Waals surface area contributed by atoms with Gasteiger partial charge < -0.3 is 14.6 Å². The van der Waals surface area contributed by atoms with Crippen molar-refractivity contribution in [2.75, 3.05) is 13.7 Å². The van der Waals surface area contributed by atoms with Crippen LogP contribution in [0.4, 0.5) is 4.39 Å². The minimum atomic E-state index is -0.258. The summed E-state index contributed by atoms with van der Waals surface area (Å²) in [6.45, 7) is 0.781. The molecule has 1 fully saturated rings. The molecule has 0 bridgehead atoms. The van der Waals surface area contributed by atoms with Crippen molar-refractivity contribution < 1.29 is 13.7 Å². The van der Waals surface area contributed by atoms with E-state index in [-0.39, 0.29) is 18.0 Å². The smallest absolute Gasteiger partial charge is 0.243 e. The van der Waals surface area contributed by atoms with E-state index in [2.05, 4.69) is 15.5 Å². The molecule has 2 aromatic rings. The van der Waals surface area contributed by atoms with Gasteiger partial charge in [0.1, 0.15) is 5.82 Å². The first kappa shape index (κ1) is 13.2. The van der Waals surface area contributed by atoms with Gasteiger partial charge in [-0.25, -0.2) is 4.39 Å². The molecular weight excluding hydrogens is 261 g/mol. The lowest BCUT2D eigenvalue weighted by molar-refractivity contribution is 0.116. The van der Waals surface area contributed by atoms with Gasteiger partial charge in [0, 0.05) is 20.1 Å². The molecule has 5 nitrogen and oxygen atoms in total. The molecule has 2 heterocycles. The van der Waals surface area contributed by atoms with Gasteiger partial charge >= 0.3 is 0 Å². The standard InChI is InChI=1S/C14H16FN3O2/c1-19-11-7-12(16-8-11)14-17-13(18-20-14)6-9-3-2-4-10(15)5-9/h2-5,11-12,16H,6-8H2,1H3. The predicted octanol–water partition coefficient (Wildman–Crippen LogP) is 1.85. The third kappa shape index (κ3) is 2.86. The van der Waals surface area contributed by atoms with Gasteiger partial charge in [-0.3, -0.25) is 0 Å². The normalized spacial score (nSPS) is 22.3. The van der Waals surface area contributed by atoms with Crippen molar-refractivity contribution in [1.82, 2.24) is 15.5 Å². The molecule has 20 heavy (non-hydrogen) atoms. The molecule has 1 aromatic heterocycles. The maximum absolute atomic E-state index is 13.1. The summed E-state index contributed by atoms with van der Waals surface area (Å²) in [5.41, 5.74) is 0.825. The fraction of sp³-hybridized carbons (Fsp3) is 0.429. The van der Waals surface area contributed by atoms with Crippen LogP contribution >= 0.6 is 0 Å². The SMILES string of the molecule is COC1CNC(c2nc(Cc3cccc(F)c3)no2)C1. The van der Waals surface area contributed by atoms with Crippen LogP contribution in [-0.2, 0) is 11.2 Å². The van der Waals surface area contributed by atoms with Gasteiger partial charge in [-0.15, -0.1) is 0 Å². The number of ether oxygens (including phenoxy) is 1. The van der Waals surface area contributed by atoms with Crippen LogP contribution in [-0.4, -0.2) is 29.9 Å². The average molecular weight is 277 g/mol. The monoisotopic (exact) mass is 277 g/mol. The Morgan fingerprint density at radius 3 is 3.15 bits per heavy atom. The van der Waals surface area contributed by atoms with Gasteiger partial charge in [-0.05, 0) is 24.1 Å². The number of nitrogens with one attached hydrogen (secondary N) is 1. The summed E-state index contributed by atoms with van der Waals surface area (Å²) < 4.78 is 23.7. The van der Waals surface area contributed by atoms with E-state index in [0.717, 1.165) is 18.5 Å². The van der Waals surface area contributed by atoms with E-state index >= 15 is 0 Å². The highest BCUT2D eigenvalue weighted by Crippen LogP contribution is 2.23. The Balaban J connectivity index is 1.68. The summed E-state index contributed by atoms with van der Waals surface area (Å²) in [7, 11) is 1.69. The maximum Gasteiger partial charge on any atom is 0.243 e. The van der Waals surface area contributed by atoms with E-state index in [4.69, 9.17) is 9.26 Å². The second-order valence-corrected chi connectivity index (χ2v) is 4.91. The van der Waals surface area contributed by atoms with Gasteiger partial charge in [0.15, 0.2) is 5.82 Å². The number of rotatable bonds is 4. The fourth-order valence-electron chi connectivity index (χ4n) is 2.38. The second-order valence-electron chi connectivity index (χ2n) is 4.91. The molecule has 0 amide bonds. The largest absolute Gasteiger partial charge is 0.380 e. The molecule has 1 aliphatic rings. The number of methoxy groups -OCH3 is 1. The summed E-state index contributed by atoms with van der Waals surface area (Å²) in [5, 5.41) is 7.23. The Hall–Kier alpha value is -1.79.